The average Bonchev–Trinajstić information content (AvgIpc) is 2.67. The van der Waals surface area contributed by atoms with Gasteiger partial charge in [0.2, 0.25) is 0 Å². The normalized spacial score (nSPS) is 23.7. The molecule has 0 bridgehead atoms. The third-order valence-electron chi connectivity index (χ3n) is 3.30. The monoisotopic (exact) mass is 303 g/mol. The molecule has 102 valence electrons. The molecule has 1 aromatic carbocycles. The first-order chi connectivity index (χ1) is 9.56. The van der Waals surface area contributed by atoms with Gasteiger partial charge >= 0.3 is 0 Å². The molecule has 5 heteroatoms. The summed E-state index contributed by atoms with van der Waals surface area (Å²) in [4.78, 5) is 14.2. The molecular weight excluding hydrogens is 290 g/mol. The van der Waals surface area contributed by atoms with Gasteiger partial charge in [-0.2, -0.15) is 0 Å². The van der Waals surface area contributed by atoms with Crippen LogP contribution >= 0.6 is 24.0 Å². The summed E-state index contributed by atoms with van der Waals surface area (Å²) in [6.07, 6.45) is 3.86. The Morgan fingerprint density at radius 2 is 2.15 bits per heavy atom. The maximum Gasteiger partial charge on any atom is 0.265 e. The van der Waals surface area contributed by atoms with Crippen molar-refractivity contribution in [1.82, 2.24) is 4.90 Å². The molecule has 0 radical (unpaired) electrons. The smallest absolute Gasteiger partial charge is 0.265 e. The molecule has 2 aliphatic heterocycles. The zero-order valence-electron chi connectivity index (χ0n) is 11.1. The highest BCUT2D eigenvalue weighted by Gasteiger charge is 2.30. The Morgan fingerprint density at radius 3 is 2.85 bits per heavy atom. The highest BCUT2D eigenvalue weighted by atomic mass is 32.2. The molecule has 0 aliphatic carbocycles. The Hall–Kier alpha value is -1.59. The maximum atomic E-state index is 12.0. The van der Waals surface area contributed by atoms with E-state index in [1.54, 1.807) is 7.05 Å². The van der Waals surface area contributed by atoms with Gasteiger partial charge in [0.15, 0.2) is 0 Å². The standard InChI is InChI=1S/C15H13NO2S2/c1-9-11(7-10-5-3-4-6-12(10)18-9)8-13-14(17)16(2)15(19)20-13/h3-9H,1-2H3. The van der Waals surface area contributed by atoms with Crippen LogP contribution in [0.3, 0.4) is 0 Å². The summed E-state index contributed by atoms with van der Waals surface area (Å²) in [6, 6.07) is 7.87. The molecule has 0 aromatic heterocycles. The fourth-order valence-corrected chi connectivity index (χ4v) is 3.30. The molecule has 2 aliphatic rings. The number of likely N-dealkylation sites (N-methyl/N-ethyl adjacent to an activating group) is 1. The highest BCUT2D eigenvalue weighted by Crippen LogP contribution is 2.34. The van der Waals surface area contributed by atoms with Crippen LogP contribution in [0.25, 0.3) is 6.08 Å². The second kappa shape index (κ2) is 5.07. The highest BCUT2D eigenvalue weighted by molar-refractivity contribution is 8.26. The minimum atomic E-state index is -0.0784. The van der Waals surface area contributed by atoms with Gasteiger partial charge in [-0.3, -0.25) is 9.69 Å². The number of fused-ring (bicyclic) bond motifs is 1. The van der Waals surface area contributed by atoms with Crippen LogP contribution in [-0.4, -0.2) is 28.3 Å². The summed E-state index contributed by atoms with van der Waals surface area (Å²) in [7, 11) is 1.70. The number of thiocarbonyl (C=S) groups is 1. The van der Waals surface area contributed by atoms with E-state index in [2.05, 4.69) is 6.08 Å². The molecule has 1 saturated heterocycles. The molecule has 20 heavy (non-hydrogen) atoms. The van der Waals surface area contributed by atoms with E-state index in [9.17, 15) is 4.79 Å². The summed E-state index contributed by atoms with van der Waals surface area (Å²) in [5, 5.41) is 0. The molecular formula is C15H13NO2S2. The number of ether oxygens (including phenoxy) is 1. The number of para-hydroxylation sites is 1. The number of hydrogen-bond donors (Lipinski definition) is 0. The lowest BCUT2D eigenvalue weighted by molar-refractivity contribution is -0.121. The summed E-state index contributed by atoms with van der Waals surface area (Å²) >= 11 is 6.46. The van der Waals surface area contributed by atoms with Gasteiger partial charge in [-0.25, -0.2) is 0 Å². The lowest BCUT2D eigenvalue weighted by atomic mass is 10.0. The summed E-state index contributed by atoms with van der Waals surface area (Å²) in [6.45, 7) is 1.98. The van der Waals surface area contributed by atoms with Crippen LogP contribution in [0, 0.1) is 0 Å². The van der Waals surface area contributed by atoms with Crippen molar-refractivity contribution in [2.24, 2.45) is 0 Å². The lowest BCUT2D eigenvalue weighted by Gasteiger charge is -2.22. The van der Waals surface area contributed by atoms with Gasteiger partial charge in [0.25, 0.3) is 5.91 Å². The van der Waals surface area contributed by atoms with Crippen LogP contribution in [0.4, 0.5) is 0 Å². The average molecular weight is 303 g/mol. The van der Waals surface area contributed by atoms with Crippen LogP contribution in [0.15, 0.2) is 40.8 Å². The first kappa shape index (κ1) is 13.4. The fraction of sp³-hybridized carbons (Fsp3) is 0.200. The van der Waals surface area contributed by atoms with Crippen molar-refractivity contribution in [3.8, 4) is 5.75 Å². The Morgan fingerprint density at radius 1 is 1.40 bits per heavy atom. The number of nitrogens with zero attached hydrogens (tertiary/aromatic N) is 1. The van der Waals surface area contributed by atoms with Gasteiger partial charge in [-0.1, -0.05) is 42.2 Å². The van der Waals surface area contributed by atoms with E-state index in [1.165, 1.54) is 16.7 Å². The number of benzene rings is 1. The summed E-state index contributed by atoms with van der Waals surface area (Å²) in [5.74, 6) is 0.826. The second-order valence-corrected chi connectivity index (χ2v) is 6.36. The van der Waals surface area contributed by atoms with Gasteiger partial charge < -0.3 is 4.74 Å². The van der Waals surface area contributed by atoms with Gasteiger partial charge in [-0.05, 0) is 30.7 Å². The Kier molecular flexibility index (Phi) is 3.40. The van der Waals surface area contributed by atoms with Crippen molar-refractivity contribution in [2.45, 2.75) is 13.0 Å². The van der Waals surface area contributed by atoms with Crippen LogP contribution in [0.5, 0.6) is 5.75 Å². The van der Waals surface area contributed by atoms with Crippen molar-refractivity contribution in [3.05, 3.63) is 46.4 Å². The van der Waals surface area contributed by atoms with Crippen LogP contribution in [-0.2, 0) is 4.79 Å². The van der Waals surface area contributed by atoms with Gasteiger partial charge in [0, 0.05) is 12.6 Å². The van der Waals surface area contributed by atoms with Crippen molar-refractivity contribution in [2.75, 3.05) is 7.05 Å². The first-order valence-electron chi connectivity index (χ1n) is 6.25. The maximum absolute atomic E-state index is 12.0. The van der Waals surface area contributed by atoms with Crippen LogP contribution in [0.2, 0.25) is 0 Å². The third-order valence-corrected chi connectivity index (χ3v) is 4.78. The van der Waals surface area contributed by atoms with E-state index < -0.39 is 0 Å². The van der Waals surface area contributed by atoms with Crippen molar-refractivity contribution < 1.29 is 9.53 Å². The third kappa shape index (κ3) is 2.27. The Balaban J connectivity index is 1.97. The Labute approximate surface area is 127 Å². The number of hydrogen-bond acceptors (Lipinski definition) is 4. The minimum absolute atomic E-state index is 0.0491. The lowest BCUT2D eigenvalue weighted by Crippen LogP contribution is -2.23. The van der Waals surface area contributed by atoms with E-state index >= 15 is 0 Å². The topological polar surface area (TPSA) is 29.5 Å². The Bertz CT molecular complexity index is 664. The van der Waals surface area contributed by atoms with Crippen molar-refractivity contribution >= 4 is 40.3 Å². The van der Waals surface area contributed by atoms with E-state index in [-0.39, 0.29) is 12.0 Å². The fourth-order valence-electron chi connectivity index (χ4n) is 2.12. The zero-order chi connectivity index (χ0) is 14.3. The van der Waals surface area contributed by atoms with Crippen molar-refractivity contribution in [1.29, 1.82) is 0 Å². The number of carbonyl (C=O) groups excluding carboxylic acids is 1. The number of amides is 1. The number of rotatable bonds is 1. The molecule has 0 spiro atoms. The van der Waals surface area contributed by atoms with E-state index in [0.29, 0.717) is 9.23 Å². The molecule has 1 fully saturated rings. The molecule has 1 atom stereocenters. The number of thioether (sulfide) groups is 1. The molecule has 2 heterocycles. The second-order valence-electron chi connectivity index (χ2n) is 4.68. The quantitative estimate of drug-likeness (QED) is 0.588. The largest absolute Gasteiger partial charge is 0.485 e. The van der Waals surface area contributed by atoms with Gasteiger partial charge in [0.1, 0.15) is 16.2 Å². The SMILES string of the molecule is CC1Oc2ccccc2C=C1C=C1SC(=S)N(C)C1=O. The molecule has 3 rings (SSSR count). The molecule has 1 unspecified atom stereocenters. The molecule has 1 aromatic rings. The van der Waals surface area contributed by atoms with Gasteiger partial charge in [-0.15, -0.1) is 0 Å². The molecule has 1 amide bonds. The van der Waals surface area contributed by atoms with E-state index in [0.717, 1.165) is 16.9 Å². The minimum Gasteiger partial charge on any atom is -0.485 e. The summed E-state index contributed by atoms with van der Waals surface area (Å²) < 4.78 is 6.45. The molecule has 3 nitrogen and oxygen atoms in total. The first-order valence-corrected chi connectivity index (χ1v) is 7.47. The van der Waals surface area contributed by atoms with Crippen LogP contribution in [0.1, 0.15) is 12.5 Å². The molecule has 0 N–H and O–H groups in total. The number of carbonyl (C=O) groups is 1. The van der Waals surface area contributed by atoms with Gasteiger partial charge in [0.05, 0.1) is 4.91 Å². The predicted molar refractivity (Wildman–Crippen MR) is 85.6 cm³/mol. The van der Waals surface area contributed by atoms with E-state index in [1.807, 2.05) is 37.3 Å². The predicted octanol–water partition coefficient (Wildman–Crippen LogP) is 3.22. The molecule has 0 saturated carbocycles. The summed E-state index contributed by atoms with van der Waals surface area (Å²) in [5.41, 5.74) is 2.02. The zero-order valence-corrected chi connectivity index (χ0v) is 12.8. The van der Waals surface area contributed by atoms with Crippen molar-refractivity contribution in [3.63, 3.8) is 0 Å². The van der Waals surface area contributed by atoms with E-state index in [4.69, 9.17) is 17.0 Å². The van der Waals surface area contributed by atoms with Crippen LogP contribution < -0.4 is 4.74 Å².